The van der Waals surface area contributed by atoms with Crippen LogP contribution in [0.4, 0.5) is 4.39 Å². The minimum atomic E-state index is -0.147. The zero-order valence-electron chi connectivity index (χ0n) is 10.9. The Balaban J connectivity index is 2.04. The van der Waals surface area contributed by atoms with Gasteiger partial charge in [-0.15, -0.1) is 0 Å². The Hall–Kier alpha value is -0.970. The topological polar surface area (TPSA) is 38.5 Å². The third-order valence-electron chi connectivity index (χ3n) is 3.42. The highest BCUT2D eigenvalue weighted by atomic mass is 19.1. The molecule has 0 aliphatic carbocycles. The SMILES string of the molecule is CCC1CN(Cc2cc(CN)ccc2F)CCO1. The molecule has 1 aliphatic rings. The first-order valence-corrected chi connectivity index (χ1v) is 6.54. The maximum atomic E-state index is 13.7. The van der Waals surface area contributed by atoms with Gasteiger partial charge >= 0.3 is 0 Å². The van der Waals surface area contributed by atoms with E-state index < -0.39 is 0 Å². The van der Waals surface area contributed by atoms with Crippen LogP contribution in [0.1, 0.15) is 24.5 Å². The van der Waals surface area contributed by atoms with E-state index in [4.69, 9.17) is 10.5 Å². The van der Waals surface area contributed by atoms with Gasteiger partial charge in [0, 0.05) is 31.7 Å². The van der Waals surface area contributed by atoms with Crippen LogP contribution >= 0.6 is 0 Å². The first kappa shape index (κ1) is 13.5. The maximum Gasteiger partial charge on any atom is 0.127 e. The first-order valence-electron chi connectivity index (χ1n) is 6.54. The fourth-order valence-corrected chi connectivity index (χ4v) is 2.29. The number of hydrogen-bond acceptors (Lipinski definition) is 3. The molecule has 100 valence electrons. The molecule has 18 heavy (non-hydrogen) atoms. The molecule has 2 rings (SSSR count). The van der Waals surface area contributed by atoms with Gasteiger partial charge < -0.3 is 10.5 Å². The Morgan fingerprint density at radius 3 is 3.06 bits per heavy atom. The van der Waals surface area contributed by atoms with Crippen molar-refractivity contribution < 1.29 is 9.13 Å². The summed E-state index contributed by atoms with van der Waals surface area (Å²) in [6.45, 7) is 5.68. The van der Waals surface area contributed by atoms with Gasteiger partial charge in [-0.2, -0.15) is 0 Å². The average molecular weight is 252 g/mol. The minimum absolute atomic E-state index is 0.147. The monoisotopic (exact) mass is 252 g/mol. The molecule has 1 unspecified atom stereocenters. The lowest BCUT2D eigenvalue weighted by Gasteiger charge is -2.32. The van der Waals surface area contributed by atoms with Gasteiger partial charge in [0.1, 0.15) is 5.82 Å². The molecular weight excluding hydrogens is 231 g/mol. The molecule has 1 aromatic rings. The van der Waals surface area contributed by atoms with Crippen molar-refractivity contribution in [1.82, 2.24) is 4.90 Å². The summed E-state index contributed by atoms with van der Waals surface area (Å²) < 4.78 is 19.4. The number of ether oxygens (including phenoxy) is 1. The van der Waals surface area contributed by atoms with Crippen molar-refractivity contribution in [3.63, 3.8) is 0 Å². The van der Waals surface area contributed by atoms with Gasteiger partial charge in [-0.25, -0.2) is 4.39 Å². The molecule has 0 saturated carbocycles. The number of benzene rings is 1. The van der Waals surface area contributed by atoms with Crippen LogP contribution in [0.2, 0.25) is 0 Å². The summed E-state index contributed by atoms with van der Waals surface area (Å²) in [5.74, 6) is -0.147. The van der Waals surface area contributed by atoms with Crippen LogP contribution in [-0.2, 0) is 17.8 Å². The highest BCUT2D eigenvalue weighted by molar-refractivity contribution is 5.25. The number of nitrogens with two attached hydrogens (primary N) is 1. The molecule has 3 nitrogen and oxygen atoms in total. The lowest BCUT2D eigenvalue weighted by Crippen LogP contribution is -2.41. The minimum Gasteiger partial charge on any atom is -0.376 e. The van der Waals surface area contributed by atoms with Crippen LogP contribution in [0.15, 0.2) is 18.2 Å². The van der Waals surface area contributed by atoms with Gasteiger partial charge in [0.15, 0.2) is 0 Å². The van der Waals surface area contributed by atoms with Gasteiger partial charge in [-0.1, -0.05) is 19.1 Å². The summed E-state index contributed by atoms with van der Waals surface area (Å²) in [5, 5.41) is 0. The summed E-state index contributed by atoms with van der Waals surface area (Å²) in [5.41, 5.74) is 7.30. The lowest BCUT2D eigenvalue weighted by molar-refractivity contribution is -0.0327. The highest BCUT2D eigenvalue weighted by Gasteiger charge is 2.19. The Kier molecular flexibility index (Phi) is 4.69. The number of hydrogen-bond donors (Lipinski definition) is 1. The third-order valence-corrected chi connectivity index (χ3v) is 3.42. The molecular formula is C14H21FN2O. The Labute approximate surface area is 108 Å². The molecule has 0 amide bonds. The van der Waals surface area contributed by atoms with Gasteiger partial charge in [0.2, 0.25) is 0 Å². The standard InChI is InChI=1S/C14H21FN2O/c1-2-13-10-17(5-6-18-13)9-12-7-11(8-16)3-4-14(12)15/h3-4,7,13H,2,5-6,8-10,16H2,1H3. The number of morpholine rings is 1. The second-order valence-corrected chi connectivity index (χ2v) is 4.77. The van der Waals surface area contributed by atoms with E-state index in [2.05, 4.69) is 11.8 Å². The number of rotatable bonds is 4. The normalized spacial score (nSPS) is 21.2. The fourth-order valence-electron chi connectivity index (χ4n) is 2.29. The van der Waals surface area contributed by atoms with Crippen molar-refractivity contribution in [3.8, 4) is 0 Å². The molecule has 0 spiro atoms. The van der Waals surface area contributed by atoms with E-state index in [1.165, 1.54) is 6.07 Å². The molecule has 1 saturated heterocycles. The van der Waals surface area contributed by atoms with Crippen LogP contribution in [0.25, 0.3) is 0 Å². The molecule has 2 N–H and O–H groups in total. The summed E-state index contributed by atoms with van der Waals surface area (Å²) in [6, 6.07) is 5.12. The van der Waals surface area contributed by atoms with Crippen molar-refractivity contribution in [3.05, 3.63) is 35.1 Å². The Bertz CT molecular complexity index is 397. The zero-order chi connectivity index (χ0) is 13.0. The maximum absolute atomic E-state index is 13.7. The van der Waals surface area contributed by atoms with Crippen molar-refractivity contribution in [2.45, 2.75) is 32.5 Å². The van der Waals surface area contributed by atoms with Crippen LogP contribution in [-0.4, -0.2) is 30.7 Å². The molecule has 0 bridgehead atoms. The predicted molar refractivity (Wildman–Crippen MR) is 69.6 cm³/mol. The second-order valence-electron chi connectivity index (χ2n) is 4.77. The molecule has 1 atom stereocenters. The number of halogens is 1. The van der Waals surface area contributed by atoms with Crippen molar-refractivity contribution >= 4 is 0 Å². The molecule has 1 fully saturated rings. The summed E-state index contributed by atoms with van der Waals surface area (Å²) >= 11 is 0. The zero-order valence-corrected chi connectivity index (χ0v) is 10.9. The average Bonchev–Trinajstić information content (AvgIpc) is 2.41. The van der Waals surface area contributed by atoms with Crippen LogP contribution < -0.4 is 5.73 Å². The molecule has 0 aromatic heterocycles. The third kappa shape index (κ3) is 3.28. The van der Waals surface area contributed by atoms with E-state index >= 15 is 0 Å². The predicted octanol–water partition coefficient (Wildman–Crippen LogP) is 1.90. The van der Waals surface area contributed by atoms with E-state index in [1.54, 1.807) is 6.07 Å². The van der Waals surface area contributed by atoms with Crippen molar-refractivity contribution in [2.75, 3.05) is 19.7 Å². The largest absolute Gasteiger partial charge is 0.376 e. The highest BCUT2D eigenvalue weighted by Crippen LogP contribution is 2.16. The molecule has 4 heteroatoms. The fraction of sp³-hybridized carbons (Fsp3) is 0.571. The summed E-state index contributed by atoms with van der Waals surface area (Å²) in [4.78, 5) is 2.25. The molecule has 0 radical (unpaired) electrons. The molecule has 1 aromatic carbocycles. The van der Waals surface area contributed by atoms with Crippen molar-refractivity contribution in [2.24, 2.45) is 5.73 Å². The number of nitrogens with zero attached hydrogens (tertiary/aromatic N) is 1. The van der Waals surface area contributed by atoms with Crippen molar-refractivity contribution in [1.29, 1.82) is 0 Å². The quantitative estimate of drug-likeness (QED) is 0.889. The van der Waals surface area contributed by atoms with E-state index in [0.29, 0.717) is 13.1 Å². The van der Waals surface area contributed by atoms with Gasteiger partial charge in [0.25, 0.3) is 0 Å². The van der Waals surface area contributed by atoms with Gasteiger partial charge in [-0.05, 0) is 18.1 Å². The van der Waals surface area contributed by atoms with Crippen LogP contribution in [0.5, 0.6) is 0 Å². The van der Waals surface area contributed by atoms with Crippen LogP contribution in [0.3, 0.4) is 0 Å². The van der Waals surface area contributed by atoms with E-state index in [1.807, 2.05) is 6.07 Å². The van der Waals surface area contributed by atoms with E-state index in [9.17, 15) is 4.39 Å². The van der Waals surface area contributed by atoms with Crippen LogP contribution in [0, 0.1) is 5.82 Å². The van der Waals surface area contributed by atoms with E-state index in [0.717, 1.165) is 37.2 Å². The van der Waals surface area contributed by atoms with Gasteiger partial charge in [-0.3, -0.25) is 4.90 Å². The Morgan fingerprint density at radius 2 is 2.33 bits per heavy atom. The summed E-state index contributed by atoms with van der Waals surface area (Å²) in [7, 11) is 0. The Morgan fingerprint density at radius 1 is 1.50 bits per heavy atom. The summed E-state index contributed by atoms with van der Waals surface area (Å²) in [6.07, 6.45) is 1.28. The van der Waals surface area contributed by atoms with Gasteiger partial charge in [0.05, 0.1) is 12.7 Å². The van der Waals surface area contributed by atoms with E-state index in [-0.39, 0.29) is 11.9 Å². The first-order chi connectivity index (χ1) is 8.72. The molecule has 1 aliphatic heterocycles. The lowest BCUT2D eigenvalue weighted by atomic mass is 10.1. The second kappa shape index (κ2) is 6.27. The smallest absolute Gasteiger partial charge is 0.127 e. The molecule has 1 heterocycles.